The molecule has 1 aliphatic heterocycles. The first-order valence-corrected chi connectivity index (χ1v) is 7.40. The van der Waals surface area contributed by atoms with Crippen LogP contribution in [0.15, 0.2) is 42.7 Å². The molecule has 0 fully saturated rings. The van der Waals surface area contributed by atoms with Gasteiger partial charge in [-0.25, -0.2) is 0 Å². The molecule has 1 atom stereocenters. The Balaban J connectivity index is 2.03. The molecule has 0 amide bonds. The number of hydrogen-bond donors (Lipinski definition) is 1. The average molecular weight is 283 g/mol. The van der Waals surface area contributed by atoms with Crippen molar-refractivity contribution in [3.05, 3.63) is 53.9 Å². The highest BCUT2D eigenvalue weighted by atomic mass is 16.5. The monoisotopic (exact) mass is 283 g/mol. The maximum Gasteiger partial charge on any atom is 0.142 e. The molecule has 1 aliphatic rings. The van der Waals surface area contributed by atoms with E-state index in [0.29, 0.717) is 6.54 Å². The number of aromatic nitrogens is 1. The zero-order chi connectivity index (χ0) is 14.7. The lowest BCUT2D eigenvalue weighted by Gasteiger charge is -2.33. The number of benzene rings is 1. The van der Waals surface area contributed by atoms with Gasteiger partial charge in [-0.1, -0.05) is 12.1 Å². The Morgan fingerprint density at radius 3 is 3.00 bits per heavy atom. The third-order valence-corrected chi connectivity index (χ3v) is 4.01. The molecule has 0 saturated heterocycles. The molecule has 2 heterocycles. The summed E-state index contributed by atoms with van der Waals surface area (Å²) in [5.74, 6) is 0.940. The van der Waals surface area contributed by atoms with Crippen LogP contribution in [0.25, 0.3) is 0 Å². The summed E-state index contributed by atoms with van der Waals surface area (Å²) in [6, 6.07) is 10.4. The van der Waals surface area contributed by atoms with Gasteiger partial charge in [0.25, 0.3) is 0 Å². The standard InChI is InChI=1S/C17H21N3O/c1-13-7-8-19-12-14(13)16(11-18)20-9-4-10-21-17-6-3-2-5-15(17)20/h2-3,5-8,12,16H,4,9-11,18H2,1H3. The van der Waals surface area contributed by atoms with Crippen LogP contribution in [0.3, 0.4) is 0 Å². The van der Waals surface area contributed by atoms with Gasteiger partial charge in [0, 0.05) is 25.5 Å². The number of fused-ring (bicyclic) bond motifs is 1. The van der Waals surface area contributed by atoms with Gasteiger partial charge in [-0.05, 0) is 42.7 Å². The van der Waals surface area contributed by atoms with E-state index in [9.17, 15) is 0 Å². The molecule has 4 nitrogen and oxygen atoms in total. The van der Waals surface area contributed by atoms with Crippen molar-refractivity contribution < 1.29 is 4.74 Å². The topological polar surface area (TPSA) is 51.4 Å². The fraction of sp³-hybridized carbons (Fsp3) is 0.353. The fourth-order valence-electron chi connectivity index (χ4n) is 2.92. The highest BCUT2D eigenvalue weighted by Crippen LogP contribution is 2.36. The van der Waals surface area contributed by atoms with Crippen LogP contribution in [0, 0.1) is 6.92 Å². The van der Waals surface area contributed by atoms with Gasteiger partial charge in [0.15, 0.2) is 0 Å². The van der Waals surface area contributed by atoms with Crippen LogP contribution < -0.4 is 15.4 Å². The van der Waals surface area contributed by atoms with Crippen LogP contribution in [0.2, 0.25) is 0 Å². The third-order valence-electron chi connectivity index (χ3n) is 4.01. The molecular weight excluding hydrogens is 262 g/mol. The Hall–Kier alpha value is -2.07. The van der Waals surface area contributed by atoms with Crippen molar-refractivity contribution in [1.82, 2.24) is 4.98 Å². The summed E-state index contributed by atoms with van der Waals surface area (Å²) in [5, 5.41) is 0. The quantitative estimate of drug-likeness (QED) is 0.941. The number of anilines is 1. The van der Waals surface area contributed by atoms with Gasteiger partial charge in [-0.3, -0.25) is 4.98 Å². The fourth-order valence-corrected chi connectivity index (χ4v) is 2.92. The van der Waals surface area contributed by atoms with Crippen molar-refractivity contribution in [3.8, 4) is 5.75 Å². The van der Waals surface area contributed by atoms with E-state index in [1.165, 1.54) is 11.1 Å². The highest BCUT2D eigenvalue weighted by Gasteiger charge is 2.25. The Morgan fingerprint density at radius 2 is 2.19 bits per heavy atom. The van der Waals surface area contributed by atoms with Gasteiger partial charge in [-0.15, -0.1) is 0 Å². The molecule has 110 valence electrons. The zero-order valence-corrected chi connectivity index (χ0v) is 12.3. The van der Waals surface area contributed by atoms with Gasteiger partial charge in [0.1, 0.15) is 5.75 Å². The largest absolute Gasteiger partial charge is 0.491 e. The number of hydrogen-bond acceptors (Lipinski definition) is 4. The van der Waals surface area contributed by atoms with Gasteiger partial charge in [0.2, 0.25) is 0 Å². The lowest BCUT2D eigenvalue weighted by Crippen LogP contribution is -2.34. The van der Waals surface area contributed by atoms with E-state index in [2.05, 4.69) is 22.9 Å². The van der Waals surface area contributed by atoms with Crippen LogP contribution in [-0.4, -0.2) is 24.7 Å². The summed E-state index contributed by atoms with van der Waals surface area (Å²) in [5.41, 5.74) is 9.64. The minimum Gasteiger partial charge on any atom is -0.491 e. The van der Waals surface area contributed by atoms with Crippen LogP contribution >= 0.6 is 0 Å². The number of nitrogens with zero attached hydrogens (tertiary/aromatic N) is 2. The number of rotatable bonds is 3. The predicted molar refractivity (Wildman–Crippen MR) is 84.7 cm³/mol. The van der Waals surface area contributed by atoms with Crippen LogP contribution in [0.1, 0.15) is 23.6 Å². The van der Waals surface area contributed by atoms with E-state index < -0.39 is 0 Å². The first kappa shape index (κ1) is 13.9. The zero-order valence-electron chi connectivity index (χ0n) is 12.3. The van der Waals surface area contributed by atoms with Gasteiger partial charge in [-0.2, -0.15) is 0 Å². The molecule has 2 N–H and O–H groups in total. The molecule has 0 bridgehead atoms. The first-order valence-electron chi connectivity index (χ1n) is 7.40. The molecule has 21 heavy (non-hydrogen) atoms. The molecule has 1 unspecified atom stereocenters. The summed E-state index contributed by atoms with van der Waals surface area (Å²) < 4.78 is 5.84. The summed E-state index contributed by atoms with van der Waals surface area (Å²) in [6.07, 6.45) is 4.75. The van der Waals surface area contributed by atoms with Crippen molar-refractivity contribution in [1.29, 1.82) is 0 Å². The predicted octanol–water partition coefficient (Wildman–Crippen LogP) is 2.68. The average Bonchev–Trinajstić information content (AvgIpc) is 2.73. The second-order valence-corrected chi connectivity index (χ2v) is 5.35. The molecule has 1 aromatic heterocycles. The van der Waals surface area contributed by atoms with Crippen molar-refractivity contribution in [2.45, 2.75) is 19.4 Å². The lowest BCUT2D eigenvalue weighted by atomic mass is 10.0. The third kappa shape index (κ3) is 2.72. The number of aryl methyl sites for hydroxylation is 1. The minimum absolute atomic E-state index is 0.126. The first-order chi connectivity index (χ1) is 10.3. The van der Waals surface area contributed by atoms with Crippen LogP contribution in [0.4, 0.5) is 5.69 Å². The molecule has 0 radical (unpaired) electrons. The van der Waals surface area contributed by atoms with Crippen molar-refractivity contribution in [3.63, 3.8) is 0 Å². The second-order valence-electron chi connectivity index (χ2n) is 5.35. The maximum absolute atomic E-state index is 6.10. The molecule has 0 saturated carbocycles. The van der Waals surface area contributed by atoms with E-state index in [0.717, 1.165) is 31.0 Å². The normalized spacial score (nSPS) is 15.8. The van der Waals surface area contributed by atoms with E-state index in [-0.39, 0.29) is 6.04 Å². The SMILES string of the molecule is Cc1ccncc1C(CN)N1CCCOc2ccccc21. The van der Waals surface area contributed by atoms with E-state index in [4.69, 9.17) is 10.5 Å². The molecule has 0 aliphatic carbocycles. The Morgan fingerprint density at radius 1 is 1.33 bits per heavy atom. The van der Waals surface area contributed by atoms with Gasteiger partial charge < -0.3 is 15.4 Å². The summed E-state index contributed by atoms with van der Waals surface area (Å²) in [7, 11) is 0. The molecule has 0 spiro atoms. The van der Waals surface area contributed by atoms with Crippen LogP contribution in [0.5, 0.6) is 5.75 Å². The minimum atomic E-state index is 0.126. The maximum atomic E-state index is 6.10. The molecule has 3 rings (SSSR count). The second kappa shape index (κ2) is 6.14. The van der Waals surface area contributed by atoms with E-state index in [1.807, 2.05) is 36.7 Å². The van der Waals surface area contributed by atoms with Crippen molar-refractivity contribution in [2.24, 2.45) is 5.73 Å². The van der Waals surface area contributed by atoms with Gasteiger partial charge >= 0.3 is 0 Å². The molecule has 2 aromatic rings. The number of para-hydroxylation sites is 2. The highest BCUT2D eigenvalue weighted by molar-refractivity contribution is 5.60. The Bertz CT molecular complexity index is 614. The van der Waals surface area contributed by atoms with E-state index >= 15 is 0 Å². The number of ether oxygens (including phenoxy) is 1. The molecule has 1 aromatic carbocycles. The molecular formula is C17H21N3O. The number of pyridine rings is 1. The number of nitrogens with two attached hydrogens (primary N) is 1. The smallest absolute Gasteiger partial charge is 0.142 e. The van der Waals surface area contributed by atoms with Gasteiger partial charge in [0.05, 0.1) is 18.3 Å². The van der Waals surface area contributed by atoms with Crippen LogP contribution in [-0.2, 0) is 0 Å². The summed E-state index contributed by atoms with van der Waals surface area (Å²) >= 11 is 0. The van der Waals surface area contributed by atoms with Crippen molar-refractivity contribution >= 4 is 5.69 Å². The Kier molecular flexibility index (Phi) is 4.06. The Labute approximate surface area is 125 Å². The van der Waals surface area contributed by atoms with E-state index in [1.54, 1.807) is 0 Å². The molecule has 4 heteroatoms. The summed E-state index contributed by atoms with van der Waals surface area (Å²) in [6.45, 7) is 4.35. The summed E-state index contributed by atoms with van der Waals surface area (Å²) in [4.78, 5) is 6.63. The van der Waals surface area contributed by atoms with Crippen molar-refractivity contribution in [2.75, 3.05) is 24.6 Å². The lowest BCUT2D eigenvalue weighted by molar-refractivity contribution is 0.322.